The molecule has 3 heterocycles. The minimum absolute atomic E-state index is 0.104. The number of hydrogen-bond acceptors (Lipinski definition) is 6. The molecule has 3 aliphatic heterocycles. The first-order chi connectivity index (χ1) is 12.2. The van der Waals surface area contributed by atoms with E-state index in [4.69, 9.17) is 18.9 Å². The third-order valence-corrected chi connectivity index (χ3v) is 4.48. The highest BCUT2D eigenvalue weighted by atomic mass is 16.8. The summed E-state index contributed by atoms with van der Waals surface area (Å²) in [5.74, 6) is -0.764. The first-order valence-electron chi connectivity index (χ1n) is 9.52. The number of rotatable bonds is 2. The first-order valence-corrected chi connectivity index (χ1v) is 9.52. The van der Waals surface area contributed by atoms with Gasteiger partial charge in [-0.05, 0) is 55.4 Å². The molecule has 0 radical (unpaired) electrons. The highest BCUT2D eigenvalue weighted by molar-refractivity contribution is 5.72. The van der Waals surface area contributed by atoms with Gasteiger partial charge in [-0.2, -0.15) is 0 Å². The summed E-state index contributed by atoms with van der Waals surface area (Å²) in [6.07, 6.45) is -1.30. The molecule has 0 saturated carbocycles. The lowest BCUT2D eigenvalue weighted by Gasteiger charge is -2.22. The van der Waals surface area contributed by atoms with Crippen molar-refractivity contribution in [3.05, 3.63) is 0 Å². The smallest absolute Gasteiger partial charge is 0.410 e. The molecule has 0 aromatic carbocycles. The number of ether oxygens (including phenoxy) is 4. The second-order valence-corrected chi connectivity index (χ2v) is 9.96. The predicted octanol–water partition coefficient (Wildman–Crippen LogP) is 2.75. The van der Waals surface area contributed by atoms with Crippen molar-refractivity contribution in [2.45, 2.75) is 96.7 Å². The van der Waals surface area contributed by atoms with E-state index in [-0.39, 0.29) is 36.5 Å². The highest BCUT2D eigenvalue weighted by Crippen LogP contribution is 2.42. The van der Waals surface area contributed by atoms with Crippen LogP contribution in [0.1, 0.15) is 55.4 Å². The van der Waals surface area contributed by atoms with E-state index in [0.29, 0.717) is 13.1 Å². The Morgan fingerprint density at radius 3 is 1.44 bits per heavy atom. The van der Waals surface area contributed by atoms with Crippen LogP contribution in [0, 0.1) is 0 Å². The number of carbonyl (C=O) groups is 2. The SMILES string of the molecule is CC(C)(C)OC(=O)N1C[C@H]1[C@H]1OC(C)(C)O[C@@H]1[C@@H]1CN1C(=O)OC(C)(C)C. The average molecular weight is 384 g/mol. The van der Waals surface area contributed by atoms with Crippen molar-refractivity contribution in [1.29, 1.82) is 0 Å². The molecule has 0 aromatic heterocycles. The molecule has 154 valence electrons. The molecule has 0 N–H and O–H groups in total. The molecule has 0 unspecified atom stereocenters. The Labute approximate surface area is 161 Å². The Morgan fingerprint density at radius 1 is 0.815 bits per heavy atom. The Bertz CT molecular complexity index is 569. The second-order valence-electron chi connectivity index (χ2n) is 9.96. The van der Waals surface area contributed by atoms with Gasteiger partial charge in [0.25, 0.3) is 0 Å². The Morgan fingerprint density at radius 2 is 1.15 bits per heavy atom. The molecule has 3 rings (SSSR count). The molecule has 0 aromatic rings. The van der Waals surface area contributed by atoms with Gasteiger partial charge in [-0.15, -0.1) is 0 Å². The normalized spacial score (nSPS) is 32.3. The monoisotopic (exact) mass is 384 g/mol. The van der Waals surface area contributed by atoms with Crippen LogP contribution in [0.2, 0.25) is 0 Å². The fourth-order valence-electron chi connectivity index (χ4n) is 3.34. The molecule has 0 aliphatic carbocycles. The quantitative estimate of drug-likeness (QED) is 0.682. The molecule has 3 aliphatic rings. The number of carbonyl (C=O) groups excluding carboxylic acids is 2. The van der Waals surface area contributed by atoms with Crippen LogP contribution >= 0.6 is 0 Å². The number of nitrogens with zero attached hydrogens (tertiary/aromatic N) is 2. The van der Waals surface area contributed by atoms with Crippen molar-refractivity contribution in [1.82, 2.24) is 9.80 Å². The molecule has 0 bridgehead atoms. The minimum atomic E-state index is -0.764. The molecule has 8 heteroatoms. The molecule has 2 amide bonds. The third kappa shape index (κ3) is 4.85. The maximum Gasteiger partial charge on any atom is 0.410 e. The maximum atomic E-state index is 12.3. The van der Waals surface area contributed by atoms with Gasteiger partial charge < -0.3 is 18.9 Å². The van der Waals surface area contributed by atoms with Crippen molar-refractivity contribution >= 4 is 12.2 Å². The summed E-state index contributed by atoms with van der Waals surface area (Å²) in [5, 5.41) is 0. The average Bonchev–Trinajstić information content (AvgIpc) is 3.32. The van der Waals surface area contributed by atoms with Gasteiger partial charge in [-0.3, -0.25) is 9.80 Å². The van der Waals surface area contributed by atoms with Gasteiger partial charge in [0.05, 0.1) is 12.1 Å². The molecule has 8 nitrogen and oxygen atoms in total. The zero-order valence-electron chi connectivity index (χ0n) is 17.6. The van der Waals surface area contributed by atoms with Crippen molar-refractivity contribution in [3.63, 3.8) is 0 Å². The van der Waals surface area contributed by atoms with E-state index in [9.17, 15) is 9.59 Å². The zero-order chi connectivity index (χ0) is 20.4. The van der Waals surface area contributed by atoms with Gasteiger partial charge in [0.15, 0.2) is 5.79 Å². The minimum Gasteiger partial charge on any atom is -0.444 e. The van der Waals surface area contributed by atoms with Crippen molar-refractivity contribution in [3.8, 4) is 0 Å². The standard InChI is InChI=1S/C19H32N2O6/c1-17(2,3)26-15(22)20-9-11(20)13-14(25-19(7,8)24-13)12-10-21(12)16(23)27-18(4,5)6/h11-14H,9-10H2,1-8H3/t11-,12-,13+,14+,20?,21?/m0/s1. The lowest BCUT2D eigenvalue weighted by Crippen LogP contribution is -2.38. The van der Waals surface area contributed by atoms with Crippen LogP contribution in [0.4, 0.5) is 9.59 Å². The van der Waals surface area contributed by atoms with Crippen molar-refractivity contribution in [2.24, 2.45) is 0 Å². The largest absolute Gasteiger partial charge is 0.444 e. The Balaban J connectivity index is 1.63. The van der Waals surface area contributed by atoms with E-state index in [1.54, 1.807) is 9.80 Å². The van der Waals surface area contributed by atoms with E-state index in [1.807, 2.05) is 55.4 Å². The van der Waals surface area contributed by atoms with Crippen LogP contribution in [0.3, 0.4) is 0 Å². The zero-order valence-corrected chi connectivity index (χ0v) is 17.6. The van der Waals surface area contributed by atoms with E-state index < -0.39 is 17.0 Å². The summed E-state index contributed by atoms with van der Waals surface area (Å²) in [5.41, 5.74) is -1.08. The predicted molar refractivity (Wildman–Crippen MR) is 97.3 cm³/mol. The molecular weight excluding hydrogens is 352 g/mol. The van der Waals surface area contributed by atoms with E-state index in [1.165, 1.54) is 0 Å². The first kappa shape index (κ1) is 20.2. The Hall–Kier alpha value is -1.54. The van der Waals surface area contributed by atoms with Gasteiger partial charge in [0.1, 0.15) is 23.4 Å². The fourth-order valence-corrected chi connectivity index (χ4v) is 3.34. The van der Waals surface area contributed by atoms with Crippen LogP contribution in [-0.2, 0) is 18.9 Å². The molecule has 4 atom stereocenters. The van der Waals surface area contributed by atoms with Gasteiger partial charge in [-0.25, -0.2) is 9.59 Å². The summed E-state index contributed by atoms with van der Waals surface area (Å²) in [6.45, 7) is 15.9. The van der Waals surface area contributed by atoms with E-state index in [2.05, 4.69) is 0 Å². The van der Waals surface area contributed by atoms with Gasteiger partial charge in [-0.1, -0.05) is 0 Å². The van der Waals surface area contributed by atoms with Crippen LogP contribution in [0.5, 0.6) is 0 Å². The molecule has 0 spiro atoms. The highest BCUT2D eigenvalue weighted by Gasteiger charge is 2.61. The summed E-state index contributed by atoms with van der Waals surface area (Å²) < 4.78 is 23.0. The van der Waals surface area contributed by atoms with E-state index in [0.717, 1.165) is 0 Å². The fraction of sp³-hybridized carbons (Fsp3) is 0.895. The van der Waals surface area contributed by atoms with Gasteiger partial charge >= 0.3 is 12.2 Å². The summed E-state index contributed by atoms with van der Waals surface area (Å²) >= 11 is 0. The topological polar surface area (TPSA) is 77.1 Å². The number of amides is 2. The summed E-state index contributed by atoms with van der Waals surface area (Å²) in [7, 11) is 0. The van der Waals surface area contributed by atoms with Crippen molar-refractivity contribution in [2.75, 3.05) is 13.1 Å². The lowest BCUT2D eigenvalue weighted by atomic mass is 10.1. The van der Waals surface area contributed by atoms with Crippen LogP contribution < -0.4 is 0 Å². The molecule has 3 fully saturated rings. The maximum absolute atomic E-state index is 12.3. The molecule has 27 heavy (non-hydrogen) atoms. The molecular formula is C19H32N2O6. The number of hydrogen-bond donors (Lipinski definition) is 0. The van der Waals surface area contributed by atoms with Crippen molar-refractivity contribution < 1.29 is 28.5 Å². The lowest BCUT2D eigenvalue weighted by molar-refractivity contribution is -0.147. The Kier molecular flexibility index (Phi) is 4.67. The molecule has 3 saturated heterocycles. The third-order valence-electron chi connectivity index (χ3n) is 4.48. The van der Waals surface area contributed by atoms with Crippen LogP contribution in [-0.4, -0.2) is 76.4 Å². The summed E-state index contributed by atoms with van der Waals surface area (Å²) in [4.78, 5) is 27.9. The van der Waals surface area contributed by atoms with Crippen LogP contribution in [0.15, 0.2) is 0 Å². The van der Waals surface area contributed by atoms with E-state index >= 15 is 0 Å². The van der Waals surface area contributed by atoms with Gasteiger partial charge in [0.2, 0.25) is 0 Å². The summed E-state index contributed by atoms with van der Waals surface area (Å²) in [6, 6.07) is -0.208. The van der Waals surface area contributed by atoms with Crippen LogP contribution in [0.25, 0.3) is 0 Å². The van der Waals surface area contributed by atoms with Gasteiger partial charge in [0, 0.05) is 13.1 Å². The second kappa shape index (κ2) is 6.24.